The standard InChI is InChI=1S/C20H31NO4/c1-12(2)20(10-16-14-3-4-15(9-14)17(16)11-20)25-19(24)21-7-5-13(6-8-21)18(22)23/h12-17H,3-11H2,1-2H3,(H,22,23)/p-1. The zero-order valence-electron chi connectivity index (χ0n) is 15.4. The van der Waals surface area contributed by atoms with Gasteiger partial charge in [-0.3, -0.25) is 0 Å². The summed E-state index contributed by atoms with van der Waals surface area (Å²) in [5, 5.41) is 11.0. The lowest BCUT2D eigenvalue weighted by Crippen LogP contribution is -2.48. The monoisotopic (exact) mass is 348 g/mol. The van der Waals surface area contributed by atoms with Crippen molar-refractivity contribution in [3.05, 3.63) is 0 Å². The molecular weight excluding hydrogens is 318 g/mol. The molecule has 4 rings (SSSR count). The van der Waals surface area contributed by atoms with E-state index < -0.39 is 11.9 Å². The van der Waals surface area contributed by atoms with E-state index >= 15 is 0 Å². The third kappa shape index (κ3) is 2.83. The molecule has 4 unspecified atom stereocenters. The van der Waals surface area contributed by atoms with Crippen molar-refractivity contribution < 1.29 is 19.4 Å². The van der Waals surface area contributed by atoms with Gasteiger partial charge in [0.1, 0.15) is 5.60 Å². The lowest BCUT2D eigenvalue weighted by atomic mass is 9.82. The number of carbonyl (C=O) groups excluding carboxylic acids is 2. The molecule has 1 saturated heterocycles. The summed E-state index contributed by atoms with van der Waals surface area (Å²) in [4.78, 5) is 25.5. The molecule has 0 radical (unpaired) electrons. The number of aliphatic carboxylic acids is 1. The average molecular weight is 348 g/mol. The van der Waals surface area contributed by atoms with Gasteiger partial charge in [-0.25, -0.2) is 4.79 Å². The van der Waals surface area contributed by atoms with E-state index in [0.29, 0.717) is 31.8 Å². The van der Waals surface area contributed by atoms with Gasteiger partial charge in [0, 0.05) is 25.0 Å². The fourth-order valence-electron chi connectivity index (χ4n) is 6.26. The first-order valence-electron chi connectivity index (χ1n) is 10.1. The first kappa shape index (κ1) is 17.2. The number of nitrogens with zero attached hydrogens (tertiary/aromatic N) is 1. The average Bonchev–Trinajstić information content (AvgIpc) is 3.26. The highest BCUT2D eigenvalue weighted by Gasteiger charge is 2.59. The Balaban J connectivity index is 1.41. The summed E-state index contributed by atoms with van der Waals surface area (Å²) in [6.07, 6.45) is 6.89. The van der Waals surface area contributed by atoms with Gasteiger partial charge >= 0.3 is 6.09 Å². The minimum absolute atomic E-state index is 0.238. The molecule has 2 bridgehead atoms. The van der Waals surface area contributed by atoms with Crippen LogP contribution < -0.4 is 5.11 Å². The third-order valence-corrected chi connectivity index (χ3v) is 7.87. The number of fused-ring (bicyclic) bond motifs is 5. The van der Waals surface area contributed by atoms with Crippen LogP contribution in [0.2, 0.25) is 0 Å². The van der Waals surface area contributed by atoms with E-state index in [-0.39, 0.29) is 11.7 Å². The Morgan fingerprint density at radius 1 is 1.04 bits per heavy atom. The van der Waals surface area contributed by atoms with Gasteiger partial charge in [-0.15, -0.1) is 0 Å². The SMILES string of the molecule is CC(C)C1(OC(=O)N2CCC(C(=O)[O-])CC2)CC2C3CCC(C3)C2C1. The Hall–Kier alpha value is -1.26. The van der Waals surface area contributed by atoms with Crippen LogP contribution in [0.25, 0.3) is 0 Å². The molecule has 140 valence electrons. The van der Waals surface area contributed by atoms with E-state index in [1.165, 1.54) is 19.3 Å². The second-order valence-corrected chi connectivity index (χ2v) is 9.24. The molecule has 3 saturated carbocycles. The number of hydrogen-bond acceptors (Lipinski definition) is 4. The number of likely N-dealkylation sites (tertiary alicyclic amines) is 1. The molecule has 25 heavy (non-hydrogen) atoms. The van der Waals surface area contributed by atoms with E-state index in [4.69, 9.17) is 4.74 Å². The third-order valence-electron chi connectivity index (χ3n) is 7.87. The maximum Gasteiger partial charge on any atom is 0.410 e. The van der Waals surface area contributed by atoms with Crippen molar-refractivity contribution >= 4 is 12.1 Å². The highest BCUT2D eigenvalue weighted by Crippen LogP contribution is 2.63. The minimum Gasteiger partial charge on any atom is -0.550 e. The van der Waals surface area contributed by atoms with Gasteiger partial charge in [-0.1, -0.05) is 13.8 Å². The Kier molecular flexibility index (Phi) is 4.24. The van der Waals surface area contributed by atoms with Crippen molar-refractivity contribution in [2.45, 2.75) is 64.4 Å². The smallest absolute Gasteiger partial charge is 0.410 e. The Morgan fingerprint density at radius 3 is 2.08 bits per heavy atom. The van der Waals surface area contributed by atoms with Crippen LogP contribution in [0.4, 0.5) is 4.79 Å². The number of hydrogen-bond donors (Lipinski definition) is 0. The first-order chi connectivity index (χ1) is 11.9. The molecule has 4 aliphatic rings. The van der Waals surface area contributed by atoms with E-state index in [2.05, 4.69) is 13.8 Å². The molecule has 0 aromatic rings. The summed E-state index contributed by atoms with van der Waals surface area (Å²) >= 11 is 0. The van der Waals surface area contributed by atoms with Crippen molar-refractivity contribution in [2.75, 3.05) is 13.1 Å². The van der Waals surface area contributed by atoms with Crippen LogP contribution in [0.5, 0.6) is 0 Å². The van der Waals surface area contributed by atoms with Gasteiger partial charge in [0.25, 0.3) is 0 Å². The molecule has 1 amide bonds. The van der Waals surface area contributed by atoms with Gasteiger partial charge in [0.05, 0.1) is 0 Å². The van der Waals surface area contributed by atoms with Gasteiger partial charge in [-0.2, -0.15) is 0 Å². The van der Waals surface area contributed by atoms with Crippen LogP contribution in [-0.4, -0.2) is 35.7 Å². The Bertz CT molecular complexity index is 534. The van der Waals surface area contributed by atoms with Crippen LogP contribution in [0, 0.1) is 35.5 Å². The number of ether oxygens (including phenoxy) is 1. The van der Waals surface area contributed by atoms with Crippen molar-refractivity contribution in [3.63, 3.8) is 0 Å². The second-order valence-electron chi connectivity index (χ2n) is 9.24. The van der Waals surface area contributed by atoms with Crippen molar-refractivity contribution in [1.82, 2.24) is 4.90 Å². The molecule has 4 atom stereocenters. The first-order valence-corrected chi connectivity index (χ1v) is 10.1. The fourth-order valence-corrected chi connectivity index (χ4v) is 6.26. The summed E-state index contributed by atoms with van der Waals surface area (Å²) in [7, 11) is 0. The fraction of sp³-hybridized carbons (Fsp3) is 0.900. The van der Waals surface area contributed by atoms with E-state index in [1.807, 2.05) is 0 Å². The van der Waals surface area contributed by atoms with Gasteiger partial charge in [0.15, 0.2) is 0 Å². The number of carboxylic acids is 1. The zero-order valence-corrected chi connectivity index (χ0v) is 15.4. The molecule has 0 spiro atoms. The number of piperidine rings is 1. The Morgan fingerprint density at radius 2 is 1.60 bits per heavy atom. The summed E-state index contributed by atoms with van der Waals surface area (Å²) in [6.45, 7) is 5.28. The van der Waals surface area contributed by atoms with Crippen molar-refractivity contribution in [2.24, 2.45) is 35.5 Å². The largest absolute Gasteiger partial charge is 0.550 e. The number of amides is 1. The normalized spacial score (nSPS) is 40.5. The molecule has 3 aliphatic carbocycles. The summed E-state index contributed by atoms with van der Waals surface area (Å²) in [5.41, 5.74) is -0.321. The summed E-state index contributed by atoms with van der Waals surface area (Å²) in [6, 6.07) is 0. The number of rotatable bonds is 3. The van der Waals surface area contributed by atoms with E-state index in [0.717, 1.165) is 36.5 Å². The van der Waals surface area contributed by atoms with E-state index in [9.17, 15) is 14.7 Å². The van der Waals surface area contributed by atoms with Crippen LogP contribution in [-0.2, 0) is 9.53 Å². The number of carbonyl (C=O) groups is 2. The van der Waals surface area contributed by atoms with E-state index in [1.54, 1.807) is 4.90 Å². The van der Waals surface area contributed by atoms with Crippen LogP contribution in [0.15, 0.2) is 0 Å². The van der Waals surface area contributed by atoms with Crippen molar-refractivity contribution in [3.8, 4) is 0 Å². The van der Waals surface area contributed by atoms with Crippen LogP contribution >= 0.6 is 0 Å². The zero-order chi connectivity index (χ0) is 17.8. The molecular formula is C20H30NO4-. The second kappa shape index (κ2) is 6.17. The maximum absolute atomic E-state index is 12.8. The predicted octanol–water partition coefficient (Wildman–Crippen LogP) is 2.44. The molecule has 1 aliphatic heterocycles. The minimum atomic E-state index is -0.995. The molecule has 1 heterocycles. The molecule has 4 fully saturated rings. The van der Waals surface area contributed by atoms with Gasteiger partial charge in [0.2, 0.25) is 0 Å². The quantitative estimate of drug-likeness (QED) is 0.785. The van der Waals surface area contributed by atoms with Crippen LogP contribution in [0.1, 0.15) is 58.8 Å². The predicted molar refractivity (Wildman–Crippen MR) is 90.4 cm³/mol. The molecule has 0 aromatic heterocycles. The lowest BCUT2D eigenvalue weighted by Gasteiger charge is -2.38. The molecule has 5 heteroatoms. The Labute approximate surface area is 150 Å². The van der Waals surface area contributed by atoms with Gasteiger partial charge in [-0.05, 0) is 74.5 Å². The topological polar surface area (TPSA) is 69.7 Å². The van der Waals surface area contributed by atoms with Gasteiger partial charge < -0.3 is 19.5 Å². The highest BCUT2D eigenvalue weighted by atomic mass is 16.6. The summed E-state index contributed by atoms with van der Waals surface area (Å²) in [5.74, 6) is 2.11. The summed E-state index contributed by atoms with van der Waals surface area (Å²) < 4.78 is 6.18. The number of carboxylic acid groups (broad SMARTS) is 1. The van der Waals surface area contributed by atoms with Crippen molar-refractivity contribution in [1.29, 1.82) is 0 Å². The lowest BCUT2D eigenvalue weighted by molar-refractivity contribution is -0.312. The molecule has 0 aromatic carbocycles. The molecule has 5 nitrogen and oxygen atoms in total. The van der Waals surface area contributed by atoms with Crippen LogP contribution in [0.3, 0.4) is 0 Å². The molecule has 0 N–H and O–H groups in total. The highest BCUT2D eigenvalue weighted by molar-refractivity contribution is 5.70. The maximum atomic E-state index is 12.8.